The van der Waals surface area contributed by atoms with E-state index in [0.29, 0.717) is 86.7 Å². The summed E-state index contributed by atoms with van der Waals surface area (Å²) in [6, 6.07) is 6.92. The number of hydrogen-bond donors (Lipinski definition) is 8. The van der Waals surface area contributed by atoms with E-state index in [1.54, 1.807) is 82.2 Å². The number of aliphatic hydroxyl groups excluding tert-OH is 4. The van der Waals surface area contributed by atoms with Gasteiger partial charge in [-0.05, 0) is 71.2 Å². The molecular weight excluding hydrogens is 1170 g/mol. The van der Waals surface area contributed by atoms with Gasteiger partial charge in [0.2, 0.25) is 0 Å². The highest BCUT2D eigenvalue weighted by Gasteiger charge is 2.38. The fourth-order valence-electron chi connectivity index (χ4n) is 10.6. The number of halogens is 4. The molecule has 12 rings (SSSR count). The van der Waals surface area contributed by atoms with E-state index in [0.717, 1.165) is 25.7 Å². The Morgan fingerprint density at radius 3 is 0.964 bits per heavy atom. The molecule has 8 aromatic rings. The number of fused-ring (bicyclic) bond motifs is 4. The number of alkyl halides is 4. The molecule has 0 amide bonds. The van der Waals surface area contributed by atoms with Gasteiger partial charge in [-0.1, -0.05) is 20.8 Å². The number of aromatic amines is 4. The van der Waals surface area contributed by atoms with Gasteiger partial charge < -0.3 is 82.3 Å². The van der Waals surface area contributed by atoms with E-state index < -0.39 is 30.6 Å². The molecule has 83 heavy (non-hydrogen) atoms. The van der Waals surface area contributed by atoms with Gasteiger partial charge >= 0.3 is 0 Å². The first-order chi connectivity index (χ1) is 39.8. The molecule has 0 radical (unpaired) electrons. The van der Waals surface area contributed by atoms with Crippen LogP contribution in [0.1, 0.15) is 114 Å². The minimum atomic E-state index is -0.712. The van der Waals surface area contributed by atoms with E-state index in [4.69, 9.17) is 75.2 Å². The molecule has 8 N–H and O–H groups in total. The van der Waals surface area contributed by atoms with Gasteiger partial charge in [0.1, 0.15) is 76.9 Å². The molecule has 4 saturated heterocycles. The lowest BCUT2D eigenvalue weighted by Gasteiger charge is -2.15. The van der Waals surface area contributed by atoms with E-state index in [1.807, 2.05) is 33.7 Å². The highest BCUT2D eigenvalue weighted by atomic mass is 35.5. The Balaban J connectivity index is 0.000000154. The maximum atomic E-state index is 11.9. The lowest BCUT2D eigenvalue weighted by Crippen LogP contribution is -2.24. The molecule has 0 aliphatic carbocycles. The predicted octanol–water partition coefficient (Wildman–Crippen LogP) is 6.45. The average Bonchev–Trinajstić information content (AvgIpc) is 4.46. The Kier molecular flexibility index (Phi) is 23.1. The van der Waals surface area contributed by atoms with Gasteiger partial charge in [0.25, 0.3) is 22.2 Å². The minimum absolute atomic E-state index is 0.0885. The maximum Gasteiger partial charge on any atom is 0.260 e. The standard InChI is InChI=1S/C14H19N3O3.2C13H17N3O3.C12H15N3O4.2CH2Cl2/c1-4-10-11(19-3)7-12(20-10)17-6-5-9-13(17)15-8(2)16-14(9)18;2*1-3-10-9(17)6-11(19-10)16-5-4-8-12(16)14-7(2)15-13(8)18;1-6-13-11-7(12(18)14-6)2-3-15(11)10-4-8(17)9(5-16)19-10;2*2-1-3/h5-6,10-12H,4,7H2,1-3H3,(H,15,16,18);2*4-5,9-11,17H,3,6H2,1-2H3,(H,14,15,18);2-3,8-10,16-17H,4-5H2,1H3,(H,13,14,18);2*1H2/t10?,11-,12?;2*9-,10?,11?;8-,9?,10?;;/m1111../s1. The first-order valence-electron chi connectivity index (χ1n) is 27.1. The Hall–Kier alpha value is -5.52. The summed E-state index contributed by atoms with van der Waals surface area (Å²) in [4.78, 5) is 75.4. The molecular formula is C54H72Cl4N12O13. The predicted molar refractivity (Wildman–Crippen MR) is 314 cm³/mol. The van der Waals surface area contributed by atoms with Crippen LogP contribution in [-0.4, -0.2) is 152 Å². The van der Waals surface area contributed by atoms with Crippen molar-refractivity contribution in [1.82, 2.24) is 58.1 Å². The summed E-state index contributed by atoms with van der Waals surface area (Å²) in [6.07, 6.45) is 8.37. The number of nitrogens with zero attached hydrogens (tertiary/aromatic N) is 8. The van der Waals surface area contributed by atoms with Crippen LogP contribution in [0, 0.1) is 27.7 Å². The van der Waals surface area contributed by atoms with Gasteiger partial charge in [-0.3, -0.25) is 19.2 Å². The number of aromatic nitrogens is 12. The smallest absolute Gasteiger partial charge is 0.260 e. The van der Waals surface area contributed by atoms with E-state index in [2.05, 4.69) is 46.8 Å². The molecule has 0 bridgehead atoms. The molecule has 25 nitrogen and oxygen atoms in total. The lowest BCUT2D eigenvalue weighted by atomic mass is 10.1. The van der Waals surface area contributed by atoms with Crippen LogP contribution in [0.15, 0.2) is 68.2 Å². The van der Waals surface area contributed by atoms with Gasteiger partial charge in [-0.2, -0.15) is 0 Å². The zero-order valence-electron chi connectivity index (χ0n) is 47.2. The van der Waals surface area contributed by atoms with E-state index in [1.165, 1.54) is 0 Å². The number of nitrogens with one attached hydrogen (secondary N) is 4. The van der Waals surface area contributed by atoms with Crippen LogP contribution >= 0.6 is 46.4 Å². The molecule has 29 heteroatoms. The second kappa shape index (κ2) is 29.5. The molecule has 4 fully saturated rings. The van der Waals surface area contributed by atoms with E-state index in [-0.39, 0.29) is 82.6 Å². The quantitative estimate of drug-likeness (QED) is 0.0720. The lowest BCUT2D eigenvalue weighted by molar-refractivity contribution is -0.0430. The monoisotopic (exact) mass is 1240 g/mol. The van der Waals surface area contributed by atoms with Crippen molar-refractivity contribution >= 4 is 90.5 Å². The number of aliphatic hydroxyl groups is 4. The van der Waals surface area contributed by atoms with Crippen molar-refractivity contribution in [2.75, 3.05) is 24.4 Å². The van der Waals surface area contributed by atoms with Gasteiger partial charge in [0, 0.05) is 57.6 Å². The second-order valence-corrected chi connectivity index (χ2v) is 21.6. The highest BCUT2D eigenvalue weighted by molar-refractivity contribution is 6.41. The number of hydrogen-bond acceptors (Lipinski definition) is 17. The molecule has 8 unspecified atom stereocenters. The van der Waals surface area contributed by atoms with Crippen molar-refractivity contribution in [2.24, 2.45) is 0 Å². The topological polar surface area (TPSA) is 330 Å². The summed E-state index contributed by atoms with van der Waals surface area (Å²) < 4.78 is 36.0. The molecule has 12 atom stereocenters. The summed E-state index contributed by atoms with van der Waals surface area (Å²) in [5.74, 6) is 2.27. The van der Waals surface area contributed by atoms with Crippen LogP contribution in [0.2, 0.25) is 0 Å². The number of aryl methyl sites for hydroxylation is 4. The van der Waals surface area contributed by atoms with Gasteiger partial charge in [0.05, 0.1) is 81.6 Å². The molecule has 0 saturated carbocycles. The summed E-state index contributed by atoms with van der Waals surface area (Å²) in [6.45, 7) is 12.8. The third-order valence-corrected chi connectivity index (χ3v) is 14.5. The normalized spacial score (nSPS) is 25.5. The molecule has 4 aliphatic heterocycles. The van der Waals surface area contributed by atoms with Crippen molar-refractivity contribution in [2.45, 2.75) is 167 Å². The average molecular weight is 1240 g/mol. The molecule has 8 aromatic heterocycles. The molecule has 0 spiro atoms. The van der Waals surface area contributed by atoms with Crippen LogP contribution in [0.4, 0.5) is 0 Å². The fraction of sp³-hybridized carbons (Fsp3) is 0.556. The SMILES string of the molecule is CCC1OC(n2ccc3c(=O)[nH]c(C)nc32)C[C@H]1O.CCC1OC(n2ccc3c(=O)[nH]c(C)nc32)C[C@H]1O.CCC1OC(n2ccc3c(=O)[nH]c(C)nc32)C[C@H]1OC.Cc1nc2c(ccn2C2C[C@@H](O)C(CO)O2)c(=O)[nH]1.ClCCl.ClCCl. The van der Waals surface area contributed by atoms with Crippen molar-refractivity contribution < 1.29 is 44.1 Å². The first-order valence-corrected chi connectivity index (χ1v) is 29.2. The Morgan fingerprint density at radius 2 is 0.735 bits per heavy atom. The zero-order chi connectivity index (χ0) is 60.4. The first kappa shape index (κ1) is 65.0. The van der Waals surface area contributed by atoms with Crippen molar-refractivity contribution in [3.8, 4) is 0 Å². The summed E-state index contributed by atoms with van der Waals surface area (Å²) in [5, 5.41) is 41.2. The zero-order valence-corrected chi connectivity index (χ0v) is 50.2. The Labute approximate surface area is 495 Å². The van der Waals surface area contributed by atoms with Crippen molar-refractivity contribution in [3.05, 3.63) is 114 Å². The maximum absolute atomic E-state index is 11.9. The summed E-state index contributed by atoms with van der Waals surface area (Å²) in [5.41, 5.74) is 1.81. The minimum Gasteiger partial charge on any atom is -0.394 e. The van der Waals surface area contributed by atoms with E-state index >= 15 is 0 Å². The molecule has 12 heterocycles. The van der Waals surface area contributed by atoms with Crippen LogP contribution in [0.5, 0.6) is 0 Å². The van der Waals surface area contributed by atoms with Gasteiger partial charge in [-0.25, -0.2) is 19.9 Å². The van der Waals surface area contributed by atoms with Crippen molar-refractivity contribution in [3.63, 3.8) is 0 Å². The molecule has 454 valence electrons. The Bertz CT molecular complexity index is 3360. The van der Waals surface area contributed by atoms with Gasteiger partial charge in [0.15, 0.2) is 0 Å². The van der Waals surface area contributed by atoms with Crippen LogP contribution < -0.4 is 22.2 Å². The second-order valence-electron chi connectivity index (χ2n) is 20.0. The largest absolute Gasteiger partial charge is 0.394 e. The summed E-state index contributed by atoms with van der Waals surface area (Å²) in [7, 11) is 1.71. The molecule has 4 aliphatic rings. The van der Waals surface area contributed by atoms with Gasteiger partial charge in [-0.15, -0.1) is 46.4 Å². The third-order valence-electron chi connectivity index (χ3n) is 14.5. The third kappa shape index (κ3) is 14.9. The Morgan fingerprint density at radius 1 is 0.482 bits per heavy atom. The number of H-pyrrole nitrogens is 4. The number of rotatable bonds is 9. The molecule has 0 aromatic carbocycles. The number of ether oxygens (including phenoxy) is 5. The van der Waals surface area contributed by atoms with Crippen LogP contribution in [0.3, 0.4) is 0 Å². The van der Waals surface area contributed by atoms with Crippen LogP contribution in [0.25, 0.3) is 44.1 Å². The summed E-state index contributed by atoms with van der Waals surface area (Å²) >= 11 is 19.1. The highest BCUT2D eigenvalue weighted by Crippen LogP contribution is 2.36. The van der Waals surface area contributed by atoms with E-state index in [9.17, 15) is 34.5 Å². The van der Waals surface area contributed by atoms with Crippen LogP contribution in [-0.2, 0) is 23.7 Å². The fourth-order valence-corrected chi connectivity index (χ4v) is 10.6. The number of methoxy groups -OCH3 is 1. The van der Waals surface area contributed by atoms with Crippen molar-refractivity contribution in [1.29, 1.82) is 0 Å².